The van der Waals surface area contributed by atoms with Gasteiger partial charge in [-0.2, -0.15) is 0 Å². The van der Waals surface area contributed by atoms with Crippen LogP contribution in [0.15, 0.2) is 36.4 Å². The maximum Gasteiger partial charge on any atom is 0.238 e. The first-order chi connectivity index (χ1) is 10.9. The molecule has 0 radical (unpaired) electrons. The summed E-state index contributed by atoms with van der Waals surface area (Å²) in [6.07, 6.45) is 0. The van der Waals surface area contributed by atoms with E-state index >= 15 is 0 Å². The lowest BCUT2D eigenvalue weighted by atomic mass is 10.1. The molecule has 2 rings (SSSR count). The molecule has 0 saturated heterocycles. The molecule has 1 atom stereocenters. The molecule has 0 aliphatic rings. The van der Waals surface area contributed by atoms with Crippen LogP contribution >= 0.6 is 23.2 Å². The van der Waals surface area contributed by atoms with Crippen molar-refractivity contribution >= 4 is 34.8 Å². The van der Waals surface area contributed by atoms with Crippen LogP contribution in [-0.4, -0.2) is 12.5 Å². The van der Waals surface area contributed by atoms with E-state index < -0.39 is 0 Å². The summed E-state index contributed by atoms with van der Waals surface area (Å²) in [4.78, 5) is 12.1. The fourth-order valence-corrected chi connectivity index (χ4v) is 2.85. The molecule has 3 nitrogen and oxygen atoms in total. The number of aryl methyl sites for hydroxylation is 2. The number of hydrogen-bond donors (Lipinski definition) is 2. The smallest absolute Gasteiger partial charge is 0.238 e. The van der Waals surface area contributed by atoms with Crippen LogP contribution in [-0.2, 0) is 4.79 Å². The third kappa shape index (κ3) is 4.96. The molecule has 2 N–H and O–H groups in total. The van der Waals surface area contributed by atoms with Gasteiger partial charge in [0.25, 0.3) is 0 Å². The summed E-state index contributed by atoms with van der Waals surface area (Å²) in [6, 6.07) is 11.3. The number of carbonyl (C=O) groups is 1. The quantitative estimate of drug-likeness (QED) is 0.804. The fraction of sp³-hybridized carbons (Fsp3) is 0.278. The Labute approximate surface area is 147 Å². The second kappa shape index (κ2) is 7.82. The van der Waals surface area contributed by atoms with Gasteiger partial charge in [0.2, 0.25) is 5.91 Å². The Morgan fingerprint density at radius 2 is 1.87 bits per heavy atom. The van der Waals surface area contributed by atoms with Crippen LogP contribution in [0.4, 0.5) is 5.69 Å². The molecule has 0 unspecified atom stereocenters. The number of carbonyl (C=O) groups excluding carboxylic acids is 1. The van der Waals surface area contributed by atoms with E-state index in [2.05, 4.69) is 10.6 Å². The molecule has 0 saturated carbocycles. The Balaban J connectivity index is 1.94. The fourth-order valence-electron chi connectivity index (χ4n) is 2.27. The molecular weight excluding hydrogens is 331 g/mol. The van der Waals surface area contributed by atoms with E-state index in [-0.39, 0.29) is 18.5 Å². The molecule has 0 aliphatic heterocycles. The Hall–Kier alpha value is -1.55. The summed E-state index contributed by atoms with van der Waals surface area (Å²) in [6.45, 7) is 6.13. The Bertz CT molecular complexity index is 716. The largest absolute Gasteiger partial charge is 0.325 e. The van der Waals surface area contributed by atoms with Gasteiger partial charge in [0.15, 0.2) is 0 Å². The van der Waals surface area contributed by atoms with Gasteiger partial charge in [0.1, 0.15) is 0 Å². The van der Waals surface area contributed by atoms with Crippen LogP contribution in [0.25, 0.3) is 0 Å². The van der Waals surface area contributed by atoms with Crippen molar-refractivity contribution in [3.8, 4) is 0 Å². The van der Waals surface area contributed by atoms with Gasteiger partial charge in [-0.05, 0) is 55.7 Å². The molecule has 0 heterocycles. The molecule has 23 heavy (non-hydrogen) atoms. The second-order valence-electron chi connectivity index (χ2n) is 5.63. The lowest BCUT2D eigenvalue weighted by Gasteiger charge is -2.16. The standard InChI is InChI=1S/C18H20Cl2N2O/c1-11-4-5-12(2)17(8-11)22-18(23)10-21-13(3)15-7-6-14(19)9-16(15)20/h4-9,13,21H,10H2,1-3H3,(H,22,23)/t13-/m1/s1. The highest BCUT2D eigenvalue weighted by Gasteiger charge is 2.12. The van der Waals surface area contributed by atoms with E-state index in [4.69, 9.17) is 23.2 Å². The number of hydrogen-bond acceptors (Lipinski definition) is 2. The van der Waals surface area contributed by atoms with Crippen molar-refractivity contribution in [2.75, 3.05) is 11.9 Å². The average Bonchev–Trinajstić information content (AvgIpc) is 2.48. The normalized spacial score (nSPS) is 12.0. The molecule has 1 amide bonds. The Kier molecular flexibility index (Phi) is 6.05. The van der Waals surface area contributed by atoms with Gasteiger partial charge in [-0.15, -0.1) is 0 Å². The van der Waals surface area contributed by atoms with E-state index in [0.717, 1.165) is 22.4 Å². The lowest BCUT2D eigenvalue weighted by Crippen LogP contribution is -2.30. The Morgan fingerprint density at radius 3 is 2.57 bits per heavy atom. The number of rotatable bonds is 5. The average molecular weight is 351 g/mol. The molecule has 5 heteroatoms. The number of amides is 1. The summed E-state index contributed by atoms with van der Waals surface area (Å²) in [5.41, 5.74) is 3.91. The maximum absolute atomic E-state index is 12.1. The van der Waals surface area contributed by atoms with E-state index in [1.807, 2.05) is 45.0 Å². The number of halogens is 2. The summed E-state index contributed by atoms with van der Waals surface area (Å²) in [7, 11) is 0. The first kappa shape index (κ1) is 17.8. The van der Waals surface area contributed by atoms with E-state index in [9.17, 15) is 4.79 Å². The topological polar surface area (TPSA) is 41.1 Å². The van der Waals surface area contributed by atoms with Crippen molar-refractivity contribution < 1.29 is 4.79 Å². The zero-order valence-electron chi connectivity index (χ0n) is 13.4. The van der Waals surface area contributed by atoms with Crippen LogP contribution in [0.5, 0.6) is 0 Å². The van der Waals surface area contributed by atoms with E-state index in [0.29, 0.717) is 10.0 Å². The minimum atomic E-state index is -0.0874. The van der Waals surface area contributed by atoms with Crippen LogP contribution in [0.1, 0.15) is 29.7 Å². The molecule has 0 fully saturated rings. The first-order valence-corrected chi connectivity index (χ1v) is 8.18. The summed E-state index contributed by atoms with van der Waals surface area (Å²) in [5, 5.41) is 7.29. The van der Waals surface area contributed by atoms with Crippen molar-refractivity contribution in [1.29, 1.82) is 0 Å². The first-order valence-electron chi connectivity index (χ1n) is 7.42. The van der Waals surface area contributed by atoms with Crippen LogP contribution in [0, 0.1) is 13.8 Å². The van der Waals surface area contributed by atoms with Gasteiger partial charge in [0, 0.05) is 21.8 Å². The van der Waals surface area contributed by atoms with Gasteiger partial charge in [-0.25, -0.2) is 0 Å². The zero-order valence-corrected chi connectivity index (χ0v) is 14.9. The minimum absolute atomic E-state index is 0.0517. The Morgan fingerprint density at radius 1 is 1.13 bits per heavy atom. The highest BCUT2D eigenvalue weighted by molar-refractivity contribution is 6.35. The monoisotopic (exact) mass is 350 g/mol. The zero-order chi connectivity index (χ0) is 17.0. The maximum atomic E-state index is 12.1. The minimum Gasteiger partial charge on any atom is -0.325 e. The van der Waals surface area contributed by atoms with Crippen LogP contribution in [0.2, 0.25) is 10.0 Å². The molecule has 0 bridgehead atoms. The predicted octanol–water partition coefficient (Wildman–Crippen LogP) is 4.90. The van der Waals surface area contributed by atoms with Crippen molar-refractivity contribution in [3.05, 3.63) is 63.1 Å². The summed E-state index contributed by atoms with van der Waals surface area (Å²) in [5.74, 6) is -0.0874. The highest BCUT2D eigenvalue weighted by Crippen LogP contribution is 2.26. The summed E-state index contributed by atoms with van der Waals surface area (Å²) >= 11 is 12.1. The molecule has 0 aromatic heterocycles. The molecule has 0 aliphatic carbocycles. The van der Waals surface area contributed by atoms with Gasteiger partial charge in [-0.3, -0.25) is 4.79 Å². The van der Waals surface area contributed by atoms with Crippen molar-refractivity contribution in [2.24, 2.45) is 0 Å². The van der Waals surface area contributed by atoms with Crippen LogP contribution in [0.3, 0.4) is 0 Å². The number of anilines is 1. The van der Waals surface area contributed by atoms with Crippen molar-refractivity contribution in [3.63, 3.8) is 0 Å². The molecule has 2 aromatic carbocycles. The van der Waals surface area contributed by atoms with Gasteiger partial charge in [0.05, 0.1) is 6.54 Å². The second-order valence-corrected chi connectivity index (χ2v) is 6.48. The number of nitrogens with one attached hydrogen (secondary N) is 2. The van der Waals surface area contributed by atoms with Crippen molar-refractivity contribution in [1.82, 2.24) is 5.32 Å². The highest BCUT2D eigenvalue weighted by atomic mass is 35.5. The molecule has 122 valence electrons. The molecule has 2 aromatic rings. The lowest BCUT2D eigenvalue weighted by molar-refractivity contribution is -0.115. The van der Waals surface area contributed by atoms with Crippen molar-refractivity contribution in [2.45, 2.75) is 26.8 Å². The third-order valence-corrected chi connectivity index (χ3v) is 4.23. The molecular formula is C18H20Cl2N2O. The molecule has 0 spiro atoms. The third-order valence-electron chi connectivity index (χ3n) is 3.66. The summed E-state index contributed by atoms with van der Waals surface area (Å²) < 4.78 is 0. The predicted molar refractivity (Wildman–Crippen MR) is 97.4 cm³/mol. The van der Waals surface area contributed by atoms with Gasteiger partial charge < -0.3 is 10.6 Å². The van der Waals surface area contributed by atoms with Gasteiger partial charge in [-0.1, -0.05) is 41.4 Å². The SMILES string of the molecule is Cc1ccc(C)c(NC(=O)CN[C@H](C)c2ccc(Cl)cc2Cl)c1. The van der Waals surface area contributed by atoms with Gasteiger partial charge >= 0.3 is 0 Å². The van der Waals surface area contributed by atoms with E-state index in [1.54, 1.807) is 12.1 Å². The van der Waals surface area contributed by atoms with Crippen LogP contribution < -0.4 is 10.6 Å². The number of benzene rings is 2. The van der Waals surface area contributed by atoms with E-state index in [1.165, 1.54) is 0 Å².